The number of hydrogen-bond acceptors (Lipinski definition) is 3. The number of carbonyl (C=O) groups is 2. The molecule has 0 saturated carbocycles. The quantitative estimate of drug-likeness (QED) is 0.870. The van der Waals surface area contributed by atoms with Crippen LogP contribution in [0.3, 0.4) is 0 Å². The van der Waals surface area contributed by atoms with Crippen LogP contribution in [0.5, 0.6) is 0 Å². The average Bonchev–Trinajstić information content (AvgIpc) is 3.01. The van der Waals surface area contributed by atoms with Crippen molar-refractivity contribution in [2.45, 2.75) is 26.0 Å². The summed E-state index contributed by atoms with van der Waals surface area (Å²) in [5.41, 5.74) is 2.55. The van der Waals surface area contributed by atoms with Crippen LogP contribution in [0.1, 0.15) is 24.0 Å². The van der Waals surface area contributed by atoms with Gasteiger partial charge in [-0.15, -0.1) is 0 Å². The van der Waals surface area contributed by atoms with Crippen LogP contribution in [0.4, 0.5) is 10.5 Å². The van der Waals surface area contributed by atoms with Gasteiger partial charge in [0.05, 0.1) is 0 Å². The van der Waals surface area contributed by atoms with E-state index in [0.29, 0.717) is 23.7 Å². The second-order valence-electron chi connectivity index (χ2n) is 5.94. The van der Waals surface area contributed by atoms with Gasteiger partial charge >= 0.3 is 6.09 Å². The van der Waals surface area contributed by atoms with Gasteiger partial charge < -0.3 is 9.64 Å². The molecule has 6 heteroatoms. The van der Waals surface area contributed by atoms with Crippen molar-refractivity contribution >= 4 is 29.3 Å². The predicted octanol–water partition coefficient (Wildman–Crippen LogP) is 4.21. The van der Waals surface area contributed by atoms with Crippen LogP contribution >= 0.6 is 11.6 Å². The van der Waals surface area contributed by atoms with E-state index in [-0.39, 0.29) is 12.5 Å². The molecule has 130 valence electrons. The highest BCUT2D eigenvalue weighted by Gasteiger charge is 2.19. The van der Waals surface area contributed by atoms with Gasteiger partial charge in [0, 0.05) is 30.2 Å². The lowest BCUT2D eigenvalue weighted by Gasteiger charge is -2.15. The number of halogens is 1. The van der Waals surface area contributed by atoms with Gasteiger partial charge in [0.15, 0.2) is 0 Å². The third kappa shape index (κ3) is 4.97. The molecule has 0 radical (unpaired) electrons. The number of hydrogen-bond donors (Lipinski definition) is 1. The zero-order chi connectivity index (χ0) is 17.6. The summed E-state index contributed by atoms with van der Waals surface area (Å²) in [5.74, 6) is 0.202. The normalized spacial score (nSPS) is 13.8. The molecule has 1 fully saturated rings. The smallest absolute Gasteiger partial charge is 0.411 e. The molecule has 1 aliphatic rings. The Bertz CT molecular complexity index is 744. The summed E-state index contributed by atoms with van der Waals surface area (Å²) < 4.78 is 5.18. The molecule has 1 saturated heterocycles. The van der Waals surface area contributed by atoms with Gasteiger partial charge in [-0.2, -0.15) is 0 Å². The minimum atomic E-state index is -0.516. The molecule has 1 heterocycles. The van der Waals surface area contributed by atoms with Crippen LogP contribution in [0, 0.1) is 0 Å². The third-order valence-electron chi connectivity index (χ3n) is 4.03. The fourth-order valence-electron chi connectivity index (χ4n) is 2.67. The zero-order valence-electron chi connectivity index (χ0n) is 13.7. The topological polar surface area (TPSA) is 58.6 Å². The molecule has 0 spiro atoms. The van der Waals surface area contributed by atoms with Crippen molar-refractivity contribution in [2.24, 2.45) is 0 Å². The van der Waals surface area contributed by atoms with Crippen molar-refractivity contribution in [3.05, 3.63) is 64.7 Å². The van der Waals surface area contributed by atoms with Crippen LogP contribution in [0.15, 0.2) is 48.5 Å². The molecule has 3 rings (SSSR count). The highest BCUT2D eigenvalue weighted by Crippen LogP contribution is 2.16. The zero-order valence-corrected chi connectivity index (χ0v) is 14.5. The number of amides is 2. The third-order valence-corrected chi connectivity index (χ3v) is 4.28. The fraction of sp³-hybridized carbons (Fsp3) is 0.263. The van der Waals surface area contributed by atoms with Crippen LogP contribution in [0.2, 0.25) is 5.02 Å². The lowest BCUT2D eigenvalue weighted by molar-refractivity contribution is -0.128. The van der Waals surface area contributed by atoms with Crippen molar-refractivity contribution in [3.8, 4) is 0 Å². The van der Waals surface area contributed by atoms with E-state index in [1.165, 1.54) is 0 Å². The Morgan fingerprint density at radius 1 is 1.08 bits per heavy atom. The summed E-state index contributed by atoms with van der Waals surface area (Å²) in [5, 5.41) is 3.33. The largest absolute Gasteiger partial charge is 0.444 e. The molecule has 2 aromatic carbocycles. The summed E-state index contributed by atoms with van der Waals surface area (Å²) in [6, 6.07) is 14.5. The maximum Gasteiger partial charge on any atom is 0.411 e. The Kier molecular flexibility index (Phi) is 5.56. The molecule has 2 aromatic rings. The number of ether oxygens (including phenoxy) is 1. The summed E-state index contributed by atoms with van der Waals surface area (Å²) in [6.07, 6.45) is 1.05. The van der Waals surface area contributed by atoms with E-state index in [4.69, 9.17) is 16.3 Å². The van der Waals surface area contributed by atoms with Gasteiger partial charge in [-0.25, -0.2) is 4.79 Å². The Balaban J connectivity index is 1.48. The Morgan fingerprint density at radius 2 is 1.76 bits per heavy atom. The highest BCUT2D eigenvalue weighted by atomic mass is 35.5. The van der Waals surface area contributed by atoms with Gasteiger partial charge in [-0.3, -0.25) is 10.1 Å². The molecule has 0 unspecified atom stereocenters. The second kappa shape index (κ2) is 8.03. The van der Waals surface area contributed by atoms with Crippen LogP contribution in [0.25, 0.3) is 0 Å². The Labute approximate surface area is 151 Å². The average molecular weight is 359 g/mol. The van der Waals surface area contributed by atoms with Crippen LogP contribution in [-0.4, -0.2) is 23.4 Å². The van der Waals surface area contributed by atoms with E-state index in [9.17, 15) is 9.59 Å². The van der Waals surface area contributed by atoms with E-state index in [0.717, 1.165) is 24.1 Å². The Morgan fingerprint density at radius 3 is 2.40 bits per heavy atom. The van der Waals surface area contributed by atoms with E-state index < -0.39 is 6.09 Å². The van der Waals surface area contributed by atoms with E-state index in [1.54, 1.807) is 24.3 Å². The van der Waals surface area contributed by atoms with Gasteiger partial charge in [0.2, 0.25) is 5.91 Å². The molecule has 0 atom stereocenters. The monoisotopic (exact) mass is 358 g/mol. The molecule has 25 heavy (non-hydrogen) atoms. The first-order valence-corrected chi connectivity index (χ1v) is 8.53. The van der Waals surface area contributed by atoms with Crippen LogP contribution in [-0.2, 0) is 22.7 Å². The minimum Gasteiger partial charge on any atom is -0.444 e. The number of benzene rings is 2. The number of anilines is 1. The maximum absolute atomic E-state index is 11.8. The van der Waals surface area contributed by atoms with E-state index >= 15 is 0 Å². The number of rotatable bonds is 5. The van der Waals surface area contributed by atoms with E-state index in [1.807, 2.05) is 29.2 Å². The lowest BCUT2D eigenvalue weighted by atomic mass is 10.2. The minimum absolute atomic E-state index is 0.179. The van der Waals surface area contributed by atoms with Gasteiger partial charge in [0.25, 0.3) is 0 Å². The van der Waals surface area contributed by atoms with Crippen molar-refractivity contribution in [1.82, 2.24) is 4.90 Å². The van der Waals surface area contributed by atoms with Gasteiger partial charge in [0.1, 0.15) is 6.61 Å². The summed E-state index contributed by atoms with van der Waals surface area (Å²) in [6.45, 7) is 1.61. The van der Waals surface area contributed by atoms with Crippen molar-refractivity contribution < 1.29 is 14.3 Å². The first-order valence-electron chi connectivity index (χ1n) is 8.15. The molecule has 5 nitrogen and oxygen atoms in total. The predicted molar refractivity (Wildman–Crippen MR) is 96.4 cm³/mol. The van der Waals surface area contributed by atoms with Crippen molar-refractivity contribution in [2.75, 3.05) is 11.9 Å². The fourth-order valence-corrected chi connectivity index (χ4v) is 2.79. The lowest BCUT2D eigenvalue weighted by Crippen LogP contribution is -2.23. The van der Waals surface area contributed by atoms with Gasteiger partial charge in [-0.1, -0.05) is 35.9 Å². The SMILES string of the molecule is O=C(Nc1ccc(CN2CCCC2=O)cc1)OCc1ccc(Cl)cc1. The summed E-state index contributed by atoms with van der Waals surface area (Å²) in [4.78, 5) is 25.3. The standard InChI is InChI=1S/C19H19ClN2O3/c20-16-7-3-15(4-8-16)13-25-19(24)21-17-9-5-14(6-10-17)12-22-11-1-2-18(22)23/h3-10H,1-2,11-13H2,(H,21,24). The molecule has 1 N–H and O–H groups in total. The summed E-state index contributed by atoms with van der Waals surface area (Å²) in [7, 11) is 0. The second-order valence-corrected chi connectivity index (χ2v) is 6.38. The van der Waals surface area contributed by atoms with Crippen molar-refractivity contribution in [1.29, 1.82) is 0 Å². The number of carbonyl (C=O) groups excluding carboxylic acids is 2. The highest BCUT2D eigenvalue weighted by molar-refractivity contribution is 6.30. The maximum atomic E-state index is 11.8. The van der Waals surface area contributed by atoms with E-state index in [2.05, 4.69) is 5.32 Å². The first-order chi connectivity index (χ1) is 12.1. The molecule has 2 amide bonds. The molecule has 0 aliphatic carbocycles. The molecule has 0 bridgehead atoms. The van der Waals surface area contributed by atoms with Gasteiger partial charge in [-0.05, 0) is 41.8 Å². The van der Waals surface area contributed by atoms with Crippen LogP contribution < -0.4 is 5.32 Å². The number of nitrogens with one attached hydrogen (secondary N) is 1. The Hall–Kier alpha value is -2.53. The molecular formula is C19H19ClN2O3. The molecular weight excluding hydrogens is 340 g/mol. The number of nitrogens with zero attached hydrogens (tertiary/aromatic N) is 1. The number of likely N-dealkylation sites (tertiary alicyclic amines) is 1. The summed E-state index contributed by atoms with van der Waals surface area (Å²) >= 11 is 5.81. The first kappa shape index (κ1) is 17.3. The van der Waals surface area contributed by atoms with Crippen molar-refractivity contribution in [3.63, 3.8) is 0 Å². The molecule has 1 aliphatic heterocycles. The molecule has 0 aromatic heterocycles.